The quantitative estimate of drug-likeness (QED) is 0.761. The Balaban J connectivity index is 1.70. The van der Waals surface area contributed by atoms with E-state index in [0.29, 0.717) is 37.3 Å². The zero-order valence-corrected chi connectivity index (χ0v) is 15.2. The van der Waals surface area contributed by atoms with Crippen LogP contribution < -0.4 is 5.32 Å². The molecule has 0 saturated carbocycles. The summed E-state index contributed by atoms with van der Waals surface area (Å²) >= 11 is 0. The average Bonchev–Trinajstić information content (AvgIpc) is 2.68. The topological polar surface area (TPSA) is 51.2 Å². The smallest absolute Gasteiger partial charge is 0.253 e. The summed E-state index contributed by atoms with van der Waals surface area (Å²) in [5, 5.41) is 4.14. The van der Waals surface area contributed by atoms with E-state index in [-0.39, 0.29) is 11.7 Å². The molecular weight excluding hydrogens is 343 g/mol. The first kappa shape index (κ1) is 17.6. The molecular formula is C22H21FN2O2. The Labute approximate surface area is 157 Å². The van der Waals surface area contributed by atoms with Gasteiger partial charge >= 0.3 is 0 Å². The van der Waals surface area contributed by atoms with Gasteiger partial charge < -0.3 is 10.1 Å². The highest BCUT2D eigenvalue weighted by molar-refractivity contribution is 5.99. The number of halogens is 1. The van der Waals surface area contributed by atoms with Crippen molar-refractivity contribution < 1.29 is 13.9 Å². The van der Waals surface area contributed by atoms with Crippen molar-refractivity contribution in [3.63, 3.8) is 0 Å². The lowest BCUT2D eigenvalue weighted by molar-refractivity contribution is 0.0345. The van der Waals surface area contributed by atoms with Gasteiger partial charge in [-0.2, -0.15) is 0 Å². The summed E-state index contributed by atoms with van der Waals surface area (Å²) in [6.45, 7) is 2.94. The molecule has 1 amide bonds. The molecule has 3 aromatic rings. The van der Waals surface area contributed by atoms with Gasteiger partial charge in [0.05, 0.1) is 22.3 Å². The van der Waals surface area contributed by atoms with Gasteiger partial charge in [0.15, 0.2) is 0 Å². The molecule has 2 heterocycles. The van der Waals surface area contributed by atoms with E-state index < -0.39 is 5.54 Å². The molecule has 1 aliphatic rings. The Morgan fingerprint density at radius 3 is 2.56 bits per heavy atom. The van der Waals surface area contributed by atoms with Crippen LogP contribution in [0, 0.1) is 12.7 Å². The van der Waals surface area contributed by atoms with Crippen LogP contribution in [-0.4, -0.2) is 24.1 Å². The molecule has 27 heavy (non-hydrogen) atoms. The number of fused-ring (bicyclic) bond motifs is 1. The number of pyridine rings is 1. The zero-order chi connectivity index (χ0) is 18.9. The van der Waals surface area contributed by atoms with E-state index in [2.05, 4.69) is 10.3 Å². The van der Waals surface area contributed by atoms with Gasteiger partial charge in [-0.25, -0.2) is 4.39 Å². The molecule has 1 fully saturated rings. The minimum atomic E-state index is -0.568. The summed E-state index contributed by atoms with van der Waals surface area (Å²) < 4.78 is 18.9. The monoisotopic (exact) mass is 364 g/mol. The highest BCUT2D eigenvalue weighted by atomic mass is 19.1. The predicted octanol–water partition coefficient (Wildman–Crippen LogP) is 4.12. The Kier molecular flexibility index (Phi) is 4.62. The highest BCUT2D eigenvalue weighted by Gasteiger charge is 2.36. The van der Waals surface area contributed by atoms with Crippen LogP contribution in [0.15, 0.2) is 54.6 Å². The number of ether oxygens (including phenoxy) is 1. The summed E-state index contributed by atoms with van der Waals surface area (Å²) in [7, 11) is 0. The van der Waals surface area contributed by atoms with Crippen molar-refractivity contribution in [1.29, 1.82) is 0 Å². The number of hydrogen-bond donors (Lipinski definition) is 1. The van der Waals surface area contributed by atoms with Gasteiger partial charge in [0, 0.05) is 18.6 Å². The number of aryl methyl sites for hydroxylation is 1. The van der Waals surface area contributed by atoms with E-state index in [1.165, 1.54) is 12.1 Å². The van der Waals surface area contributed by atoms with Crippen LogP contribution in [0.3, 0.4) is 0 Å². The van der Waals surface area contributed by atoms with E-state index in [1.54, 1.807) is 12.1 Å². The van der Waals surface area contributed by atoms with Crippen molar-refractivity contribution in [2.75, 3.05) is 13.2 Å². The van der Waals surface area contributed by atoms with Crippen LogP contribution in [0.25, 0.3) is 10.9 Å². The number of nitrogens with zero attached hydrogens (tertiary/aromatic N) is 1. The first-order valence-electron chi connectivity index (χ1n) is 9.10. The van der Waals surface area contributed by atoms with Crippen LogP contribution in [-0.2, 0) is 10.3 Å². The lowest BCUT2D eigenvalue weighted by Gasteiger charge is -2.38. The van der Waals surface area contributed by atoms with Gasteiger partial charge in [-0.1, -0.05) is 30.3 Å². The van der Waals surface area contributed by atoms with Crippen molar-refractivity contribution in [1.82, 2.24) is 10.3 Å². The van der Waals surface area contributed by atoms with Crippen molar-refractivity contribution in [2.45, 2.75) is 25.3 Å². The van der Waals surface area contributed by atoms with E-state index in [0.717, 1.165) is 16.5 Å². The summed E-state index contributed by atoms with van der Waals surface area (Å²) in [6.07, 6.45) is 1.29. The molecule has 2 aromatic carbocycles. The minimum absolute atomic E-state index is 0.169. The van der Waals surface area contributed by atoms with Gasteiger partial charge in [-0.15, -0.1) is 0 Å². The van der Waals surface area contributed by atoms with Gasteiger partial charge in [0.1, 0.15) is 5.82 Å². The van der Waals surface area contributed by atoms with Crippen molar-refractivity contribution in [2.24, 2.45) is 0 Å². The molecule has 0 atom stereocenters. The molecule has 1 aliphatic heterocycles. The van der Waals surface area contributed by atoms with Gasteiger partial charge in [-0.05, 0) is 49.6 Å². The number of hydrogen-bond acceptors (Lipinski definition) is 3. The van der Waals surface area contributed by atoms with Crippen LogP contribution >= 0.6 is 0 Å². The molecule has 0 spiro atoms. The van der Waals surface area contributed by atoms with Gasteiger partial charge in [0.2, 0.25) is 0 Å². The maximum Gasteiger partial charge on any atom is 0.253 e. The maximum absolute atomic E-state index is 13.4. The number of nitrogens with one attached hydrogen (secondary N) is 1. The van der Waals surface area contributed by atoms with Gasteiger partial charge in [0.25, 0.3) is 5.91 Å². The number of carbonyl (C=O) groups excluding carboxylic acids is 1. The SMILES string of the molecule is Cc1nc2ccccc2cc1C(=O)NC1(c2ccc(F)cc2)CCOCC1. The largest absolute Gasteiger partial charge is 0.381 e. The van der Waals surface area contributed by atoms with Crippen LogP contribution in [0.1, 0.15) is 34.5 Å². The number of rotatable bonds is 3. The molecule has 0 radical (unpaired) electrons. The van der Waals surface area contributed by atoms with Crippen molar-refractivity contribution >= 4 is 16.8 Å². The lowest BCUT2D eigenvalue weighted by atomic mass is 9.82. The average molecular weight is 364 g/mol. The third-order valence-corrected chi connectivity index (χ3v) is 5.26. The van der Waals surface area contributed by atoms with Crippen LogP contribution in [0.4, 0.5) is 4.39 Å². The summed E-state index contributed by atoms with van der Waals surface area (Å²) in [6, 6.07) is 16.0. The Morgan fingerprint density at radius 2 is 1.81 bits per heavy atom. The van der Waals surface area contributed by atoms with E-state index >= 15 is 0 Å². The summed E-state index contributed by atoms with van der Waals surface area (Å²) in [5.41, 5.74) is 2.44. The first-order valence-corrected chi connectivity index (χ1v) is 9.10. The fourth-order valence-electron chi connectivity index (χ4n) is 3.70. The predicted molar refractivity (Wildman–Crippen MR) is 102 cm³/mol. The lowest BCUT2D eigenvalue weighted by Crippen LogP contribution is -2.49. The molecule has 4 rings (SSSR count). The fourth-order valence-corrected chi connectivity index (χ4v) is 3.70. The van der Waals surface area contributed by atoms with Crippen molar-refractivity contribution in [3.8, 4) is 0 Å². The fraction of sp³-hybridized carbons (Fsp3) is 0.273. The molecule has 1 N–H and O–H groups in total. The minimum Gasteiger partial charge on any atom is -0.381 e. The first-order chi connectivity index (χ1) is 13.1. The molecule has 0 unspecified atom stereocenters. The molecule has 4 nitrogen and oxygen atoms in total. The number of aromatic nitrogens is 1. The Morgan fingerprint density at radius 1 is 1.11 bits per heavy atom. The second kappa shape index (κ2) is 7.08. The summed E-state index contributed by atoms with van der Waals surface area (Å²) in [5.74, 6) is -0.459. The molecule has 5 heteroatoms. The maximum atomic E-state index is 13.4. The number of benzene rings is 2. The standard InChI is InChI=1S/C22H21FN2O2/c1-15-19(14-16-4-2-3-5-20(16)24-15)21(26)25-22(10-12-27-13-11-22)17-6-8-18(23)9-7-17/h2-9,14H,10-13H2,1H3,(H,25,26). The van der Waals surface area contributed by atoms with Gasteiger partial charge in [-0.3, -0.25) is 9.78 Å². The normalized spacial score (nSPS) is 16.2. The second-order valence-corrected chi connectivity index (χ2v) is 6.97. The van der Waals surface area contributed by atoms with Crippen LogP contribution in [0.2, 0.25) is 0 Å². The molecule has 138 valence electrons. The zero-order valence-electron chi connectivity index (χ0n) is 15.2. The second-order valence-electron chi connectivity index (χ2n) is 6.97. The van der Waals surface area contributed by atoms with E-state index in [9.17, 15) is 9.18 Å². The molecule has 0 bridgehead atoms. The number of carbonyl (C=O) groups is 1. The van der Waals surface area contributed by atoms with Crippen LogP contribution in [0.5, 0.6) is 0 Å². The highest BCUT2D eigenvalue weighted by Crippen LogP contribution is 2.33. The summed E-state index contributed by atoms with van der Waals surface area (Å²) in [4.78, 5) is 17.7. The van der Waals surface area contributed by atoms with E-state index in [4.69, 9.17) is 4.74 Å². The Bertz CT molecular complexity index is 979. The number of para-hydroxylation sites is 1. The third kappa shape index (κ3) is 3.43. The molecule has 1 aromatic heterocycles. The molecule has 0 aliphatic carbocycles. The van der Waals surface area contributed by atoms with E-state index in [1.807, 2.05) is 37.3 Å². The number of amides is 1. The molecule has 1 saturated heterocycles. The third-order valence-electron chi connectivity index (χ3n) is 5.26. The van der Waals surface area contributed by atoms with Crippen molar-refractivity contribution in [3.05, 3.63) is 77.2 Å². The Hall–Kier alpha value is -2.79.